The second-order valence-electron chi connectivity index (χ2n) is 1.40. The first-order valence-corrected chi connectivity index (χ1v) is 5.87. The van der Waals surface area contributed by atoms with E-state index >= 15 is 0 Å². The van der Waals surface area contributed by atoms with Gasteiger partial charge in [-0.2, -0.15) is 0 Å². The zero-order valence-electron chi connectivity index (χ0n) is 4.56. The van der Waals surface area contributed by atoms with Gasteiger partial charge in [-0.05, 0) is 27.8 Å². The van der Waals surface area contributed by atoms with Crippen molar-refractivity contribution in [1.82, 2.24) is 0 Å². The predicted octanol–water partition coefficient (Wildman–Crippen LogP) is 3.54. The van der Waals surface area contributed by atoms with Crippen LogP contribution in [0.15, 0.2) is 0 Å². The Labute approximate surface area is 67.7 Å². The standard InChI is InChI=1S/C4H8Cl2S2/c1-2-4(8-6)3-7-5/h4H,2-3H2,1H3. The first-order chi connectivity index (χ1) is 3.85. The molecule has 0 aliphatic carbocycles. The van der Waals surface area contributed by atoms with Crippen LogP contribution in [0.4, 0.5) is 0 Å². The van der Waals surface area contributed by atoms with Crippen LogP contribution < -0.4 is 0 Å². The van der Waals surface area contributed by atoms with Gasteiger partial charge in [0.15, 0.2) is 0 Å². The van der Waals surface area contributed by atoms with Crippen molar-refractivity contribution >= 4 is 43.3 Å². The molecule has 4 heteroatoms. The van der Waals surface area contributed by atoms with E-state index in [9.17, 15) is 0 Å². The van der Waals surface area contributed by atoms with Crippen molar-refractivity contribution in [2.75, 3.05) is 5.75 Å². The summed E-state index contributed by atoms with van der Waals surface area (Å²) in [6.07, 6.45) is 1.09. The minimum atomic E-state index is 0.513. The van der Waals surface area contributed by atoms with Gasteiger partial charge in [0.2, 0.25) is 0 Å². The summed E-state index contributed by atoms with van der Waals surface area (Å²) in [5.74, 6) is 0.937. The summed E-state index contributed by atoms with van der Waals surface area (Å²) in [7, 11) is 13.6. The minimum absolute atomic E-state index is 0.513. The van der Waals surface area contributed by atoms with Crippen molar-refractivity contribution in [3.8, 4) is 0 Å². The lowest BCUT2D eigenvalue weighted by Crippen LogP contribution is -1.99. The molecule has 1 atom stereocenters. The third-order valence-electron chi connectivity index (χ3n) is 0.830. The summed E-state index contributed by atoms with van der Waals surface area (Å²) >= 11 is 0. The number of halogens is 2. The molecule has 0 nitrogen and oxygen atoms in total. The predicted molar refractivity (Wildman–Crippen MR) is 45.8 cm³/mol. The maximum atomic E-state index is 5.49. The lowest BCUT2D eigenvalue weighted by atomic mass is 10.4. The summed E-state index contributed by atoms with van der Waals surface area (Å²) in [5, 5.41) is 0.513. The van der Waals surface area contributed by atoms with E-state index in [-0.39, 0.29) is 0 Å². The van der Waals surface area contributed by atoms with Gasteiger partial charge in [-0.1, -0.05) is 28.9 Å². The highest BCUT2D eigenvalue weighted by atomic mass is 35.7. The highest BCUT2D eigenvalue weighted by Crippen LogP contribution is 2.23. The number of rotatable bonds is 4. The van der Waals surface area contributed by atoms with Crippen LogP contribution in [0.25, 0.3) is 0 Å². The van der Waals surface area contributed by atoms with Gasteiger partial charge < -0.3 is 0 Å². The quantitative estimate of drug-likeness (QED) is 0.666. The molecule has 0 N–H and O–H groups in total. The molecule has 1 unspecified atom stereocenters. The van der Waals surface area contributed by atoms with E-state index in [0.717, 1.165) is 12.2 Å². The fourth-order valence-electron chi connectivity index (χ4n) is 0.277. The average molecular weight is 191 g/mol. The van der Waals surface area contributed by atoms with E-state index in [1.807, 2.05) is 0 Å². The molecule has 0 aromatic rings. The van der Waals surface area contributed by atoms with Crippen molar-refractivity contribution in [1.29, 1.82) is 0 Å². The number of hydrogen-bond acceptors (Lipinski definition) is 2. The van der Waals surface area contributed by atoms with Crippen molar-refractivity contribution in [2.45, 2.75) is 18.6 Å². The molecule has 0 fully saturated rings. The van der Waals surface area contributed by atoms with E-state index in [2.05, 4.69) is 6.92 Å². The van der Waals surface area contributed by atoms with Crippen LogP contribution in [-0.2, 0) is 0 Å². The van der Waals surface area contributed by atoms with Crippen LogP contribution in [-0.4, -0.2) is 11.0 Å². The Balaban J connectivity index is 3.07. The van der Waals surface area contributed by atoms with Gasteiger partial charge in [-0.15, -0.1) is 0 Å². The van der Waals surface area contributed by atoms with E-state index in [1.165, 1.54) is 22.0 Å². The third kappa shape index (κ3) is 4.19. The number of hydrogen-bond donors (Lipinski definition) is 0. The van der Waals surface area contributed by atoms with Crippen molar-refractivity contribution in [3.63, 3.8) is 0 Å². The molecule has 0 saturated carbocycles. The van der Waals surface area contributed by atoms with Gasteiger partial charge in [-0.25, -0.2) is 0 Å². The zero-order valence-corrected chi connectivity index (χ0v) is 7.71. The van der Waals surface area contributed by atoms with Gasteiger partial charge in [0.1, 0.15) is 0 Å². The summed E-state index contributed by atoms with van der Waals surface area (Å²) < 4.78 is 0. The highest BCUT2D eigenvalue weighted by Gasteiger charge is 2.02. The molecule has 0 radical (unpaired) electrons. The Kier molecular flexibility index (Phi) is 7.42. The summed E-state index contributed by atoms with van der Waals surface area (Å²) in [4.78, 5) is 0. The topological polar surface area (TPSA) is 0 Å². The first-order valence-electron chi connectivity index (χ1n) is 2.36. The van der Waals surface area contributed by atoms with Crippen molar-refractivity contribution < 1.29 is 0 Å². The maximum Gasteiger partial charge on any atom is 0.0299 e. The first kappa shape index (κ1) is 9.28. The monoisotopic (exact) mass is 190 g/mol. The van der Waals surface area contributed by atoms with E-state index in [0.29, 0.717) is 5.25 Å². The van der Waals surface area contributed by atoms with E-state index in [4.69, 9.17) is 21.4 Å². The Morgan fingerprint density at radius 2 is 2.12 bits per heavy atom. The molecule has 0 aliphatic rings. The van der Waals surface area contributed by atoms with Crippen LogP contribution in [0.5, 0.6) is 0 Å². The summed E-state index contributed by atoms with van der Waals surface area (Å²) in [5.41, 5.74) is 0. The van der Waals surface area contributed by atoms with Crippen molar-refractivity contribution in [3.05, 3.63) is 0 Å². The normalized spacial score (nSPS) is 13.9. The molecule has 0 aromatic carbocycles. The largest absolute Gasteiger partial charge is 0.0643 e. The molecule has 0 saturated heterocycles. The van der Waals surface area contributed by atoms with E-state index in [1.54, 1.807) is 0 Å². The second kappa shape index (κ2) is 6.40. The zero-order chi connectivity index (χ0) is 6.41. The van der Waals surface area contributed by atoms with Crippen LogP contribution in [0.2, 0.25) is 0 Å². The average Bonchev–Trinajstić information content (AvgIpc) is 1.83. The molecule has 0 aromatic heterocycles. The third-order valence-corrected chi connectivity index (χ3v) is 3.46. The van der Waals surface area contributed by atoms with E-state index < -0.39 is 0 Å². The van der Waals surface area contributed by atoms with Crippen molar-refractivity contribution in [2.24, 2.45) is 0 Å². The molecular formula is C4H8Cl2S2. The molecule has 0 amide bonds. The fraction of sp³-hybridized carbons (Fsp3) is 1.00. The Morgan fingerprint density at radius 3 is 2.25 bits per heavy atom. The lowest BCUT2D eigenvalue weighted by Gasteiger charge is -2.04. The molecule has 0 bridgehead atoms. The summed E-state index contributed by atoms with van der Waals surface area (Å²) in [6.45, 7) is 2.10. The minimum Gasteiger partial charge on any atom is -0.0643 e. The second-order valence-corrected chi connectivity index (χ2v) is 3.98. The lowest BCUT2D eigenvalue weighted by molar-refractivity contribution is 0.924. The van der Waals surface area contributed by atoms with Gasteiger partial charge >= 0.3 is 0 Å². The molecule has 0 aliphatic heterocycles. The van der Waals surface area contributed by atoms with Crippen LogP contribution in [0.1, 0.15) is 13.3 Å². The summed E-state index contributed by atoms with van der Waals surface area (Å²) in [6, 6.07) is 0. The Bertz CT molecular complexity index is 47.3. The van der Waals surface area contributed by atoms with Gasteiger partial charge in [0.25, 0.3) is 0 Å². The van der Waals surface area contributed by atoms with Gasteiger partial charge in [0.05, 0.1) is 0 Å². The molecule has 0 spiro atoms. The fourth-order valence-corrected chi connectivity index (χ4v) is 2.71. The molecule has 8 heavy (non-hydrogen) atoms. The molecule has 0 rings (SSSR count). The highest BCUT2D eigenvalue weighted by molar-refractivity contribution is 8.24. The van der Waals surface area contributed by atoms with Gasteiger partial charge in [0, 0.05) is 11.0 Å². The van der Waals surface area contributed by atoms with Crippen LogP contribution in [0.3, 0.4) is 0 Å². The van der Waals surface area contributed by atoms with Gasteiger partial charge in [-0.3, -0.25) is 0 Å². The molecular weight excluding hydrogens is 183 g/mol. The molecule has 0 heterocycles. The Morgan fingerprint density at radius 1 is 1.50 bits per heavy atom. The Hall–Kier alpha value is 1.28. The van der Waals surface area contributed by atoms with Crippen LogP contribution in [0, 0.1) is 0 Å². The maximum absolute atomic E-state index is 5.49. The van der Waals surface area contributed by atoms with Crippen LogP contribution >= 0.6 is 43.3 Å². The molecule has 50 valence electrons. The smallest absolute Gasteiger partial charge is 0.0299 e. The SMILES string of the molecule is CCC(CSCl)SCl.